The molecule has 0 aromatic carbocycles. The van der Waals surface area contributed by atoms with Crippen molar-refractivity contribution in [3.8, 4) is 0 Å². The minimum Gasteiger partial charge on any atom is -0.468 e. The Morgan fingerprint density at radius 1 is 1.35 bits per heavy atom. The normalized spacial score (nSPS) is 31.6. The van der Waals surface area contributed by atoms with E-state index in [0.717, 1.165) is 12.5 Å². The molecule has 4 nitrogen and oxygen atoms in total. The number of hydrogen-bond acceptors (Lipinski definition) is 4. The van der Waals surface area contributed by atoms with Crippen LogP contribution in [0.15, 0.2) is 0 Å². The lowest BCUT2D eigenvalue weighted by molar-refractivity contribution is -0.143. The molecular weight excluding hydrogens is 216 g/mol. The van der Waals surface area contributed by atoms with E-state index in [1.165, 1.54) is 45.6 Å². The first-order chi connectivity index (χ1) is 8.22. The summed E-state index contributed by atoms with van der Waals surface area (Å²) in [6, 6.07) is 0.175. The number of nitrogens with two attached hydrogens (primary N) is 1. The number of esters is 1. The predicted molar refractivity (Wildman–Crippen MR) is 66.5 cm³/mol. The first-order valence-corrected chi connectivity index (χ1v) is 6.80. The van der Waals surface area contributed by atoms with Gasteiger partial charge in [0.1, 0.15) is 6.04 Å². The van der Waals surface area contributed by atoms with Gasteiger partial charge in [-0.05, 0) is 38.1 Å². The lowest BCUT2D eigenvalue weighted by atomic mass is 9.78. The van der Waals surface area contributed by atoms with Crippen molar-refractivity contribution in [3.05, 3.63) is 0 Å². The summed E-state index contributed by atoms with van der Waals surface area (Å²) in [7, 11) is 1.40. The summed E-state index contributed by atoms with van der Waals surface area (Å²) in [6.45, 7) is 1.75. The van der Waals surface area contributed by atoms with Gasteiger partial charge in [-0.1, -0.05) is 12.8 Å². The number of methoxy groups -OCH3 is 1. The van der Waals surface area contributed by atoms with Crippen LogP contribution in [0.4, 0.5) is 0 Å². The van der Waals surface area contributed by atoms with Crippen LogP contribution in [0.5, 0.6) is 0 Å². The lowest BCUT2D eigenvalue weighted by Crippen LogP contribution is -2.52. The molecule has 0 bridgehead atoms. The van der Waals surface area contributed by atoms with Crippen LogP contribution in [0.3, 0.4) is 0 Å². The first kappa shape index (κ1) is 12.8. The highest BCUT2D eigenvalue weighted by atomic mass is 16.5. The van der Waals surface area contributed by atoms with E-state index in [1.807, 2.05) is 0 Å². The second-order valence-electron chi connectivity index (χ2n) is 5.38. The summed E-state index contributed by atoms with van der Waals surface area (Å²) in [6.07, 6.45) is 7.93. The van der Waals surface area contributed by atoms with Gasteiger partial charge < -0.3 is 10.5 Å². The van der Waals surface area contributed by atoms with E-state index in [-0.39, 0.29) is 5.97 Å². The molecule has 0 aromatic rings. The SMILES string of the molecule is COC(=O)C(N)CN1CCC[C@H]2CCCC[C@H]21. The maximum Gasteiger partial charge on any atom is 0.323 e. The molecule has 1 saturated heterocycles. The predicted octanol–water partition coefficient (Wildman–Crippen LogP) is 1.14. The van der Waals surface area contributed by atoms with E-state index < -0.39 is 6.04 Å². The largest absolute Gasteiger partial charge is 0.468 e. The molecule has 1 heterocycles. The van der Waals surface area contributed by atoms with Gasteiger partial charge in [0.25, 0.3) is 0 Å². The van der Waals surface area contributed by atoms with Crippen molar-refractivity contribution in [2.75, 3.05) is 20.2 Å². The van der Waals surface area contributed by atoms with Gasteiger partial charge in [0, 0.05) is 12.6 Å². The van der Waals surface area contributed by atoms with Crippen LogP contribution in [-0.2, 0) is 9.53 Å². The fraction of sp³-hybridized carbons (Fsp3) is 0.923. The molecule has 1 aliphatic carbocycles. The van der Waals surface area contributed by atoms with Gasteiger partial charge in [-0.15, -0.1) is 0 Å². The molecule has 0 aromatic heterocycles. The van der Waals surface area contributed by atoms with E-state index in [9.17, 15) is 4.79 Å². The Labute approximate surface area is 103 Å². The molecule has 0 radical (unpaired) electrons. The van der Waals surface area contributed by atoms with E-state index in [2.05, 4.69) is 4.90 Å². The highest BCUT2D eigenvalue weighted by Gasteiger charge is 2.34. The zero-order valence-corrected chi connectivity index (χ0v) is 10.7. The molecule has 3 atom stereocenters. The lowest BCUT2D eigenvalue weighted by Gasteiger charge is -2.44. The smallest absolute Gasteiger partial charge is 0.323 e. The summed E-state index contributed by atoms with van der Waals surface area (Å²) in [5.41, 5.74) is 5.86. The van der Waals surface area contributed by atoms with Gasteiger partial charge in [-0.3, -0.25) is 9.69 Å². The van der Waals surface area contributed by atoms with E-state index in [1.54, 1.807) is 0 Å². The van der Waals surface area contributed by atoms with Crippen molar-refractivity contribution in [1.29, 1.82) is 0 Å². The molecule has 2 fully saturated rings. The molecule has 1 aliphatic heterocycles. The Morgan fingerprint density at radius 2 is 2.06 bits per heavy atom. The summed E-state index contributed by atoms with van der Waals surface area (Å²) < 4.78 is 4.70. The molecule has 0 spiro atoms. The number of hydrogen-bond donors (Lipinski definition) is 1. The minimum atomic E-state index is -0.485. The summed E-state index contributed by atoms with van der Waals surface area (Å²) in [5, 5.41) is 0. The molecule has 98 valence electrons. The van der Waals surface area contributed by atoms with Crippen molar-refractivity contribution in [2.45, 2.75) is 50.6 Å². The number of fused-ring (bicyclic) bond motifs is 1. The quantitative estimate of drug-likeness (QED) is 0.752. The molecule has 0 amide bonds. The van der Waals surface area contributed by atoms with Gasteiger partial charge in [0.15, 0.2) is 0 Å². The molecule has 2 rings (SSSR count). The number of piperidine rings is 1. The Hall–Kier alpha value is -0.610. The topological polar surface area (TPSA) is 55.6 Å². The summed E-state index contributed by atoms with van der Waals surface area (Å²) in [4.78, 5) is 13.8. The fourth-order valence-electron chi connectivity index (χ4n) is 3.43. The van der Waals surface area contributed by atoms with Gasteiger partial charge in [-0.2, -0.15) is 0 Å². The highest BCUT2D eigenvalue weighted by molar-refractivity contribution is 5.75. The Morgan fingerprint density at radius 3 is 2.82 bits per heavy atom. The first-order valence-electron chi connectivity index (χ1n) is 6.80. The van der Waals surface area contributed by atoms with Gasteiger partial charge in [-0.25, -0.2) is 0 Å². The van der Waals surface area contributed by atoms with Gasteiger partial charge >= 0.3 is 5.97 Å². The van der Waals surface area contributed by atoms with Crippen molar-refractivity contribution in [3.63, 3.8) is 0 Å². The second kappa shape index (κ2) is 5.83. The molecule has 1 saturated carbocycles. The van der Waals surface area contributed by atoms with Crippen LogP contribution in [0.1, 0.15) is 38.5 Å². The molecule has 4 heteroatoms. The maximum atomic E-state index is 11.4. The van der Waals surface area contributed by atoms with Gasteiger partial charge in [0.2, 0.25) is 0 Å². The number of nitrogens with zero attached hydrogens (tertiary/aromatic N) is 1. The average Bonchev–Trinajstić information content (AvgIpc) is 2.38. The zero-order chi connectivity index (χ0) is 12.3. The van der Waals surface area contributed by atoms with Gasteiger partial charge in [0.05, 0.1) is 7.11 Å². The number of ether oxygens (including phenoxy) is 1. The van der Waals surface area contributed by atoms with Crippen LogP contribution in [-0.4, -0.2) is 43.2 Å². The molecular formula is C13H24N2O2. The van der Waals surface area contributed by atoms with E-state index >= 15 is 0 Å². The minimum absolute atomic E-state index is 0.289. The Balaban J connectivity index is 1.92. The van der Waals surface area contributed by atoms with E-state index in [0.29, 0.717) is 12.6 Å². The number of rotatable bonds is 3. The van der Waals surface area contributed by atoms with E-state index in [4.69, 9.17) is 10.5 Å². The highest BCUT2D eigenvalue weighted by Crippen LogP contribution is 2.35. The summed E-state index contributed by atoms with van der Waals surface area (Å²) >= 11 is 0. The Kier molecular flexibility index (Phi) is 4.40. The van der Waals surface area contributed by atoms with Crippen LogP contribution in [0.25, 0.3) is 0 Å². The standard InChI is InChI=1S/C13H24N2O2/c1-17-13(16)11(14)9-15-8-4-6-10-5-2-3-7-12(10)15/h10-12H,2-9,14H2,1H3/t10-,11?,12-/m1/s1. The van der Waals surface area contributed by atoms with Crippen LogP contribution in [0, 0.1) is 5.92 Å². The third-order valence-electron chi connectivity index (χ3n) is 4.29. The number of likely N-dealkylation sites (tertiary alicyclic amines) is 1. The van der Waals surface area contributed by atoms with Crippen LogP contribution < -0.4 is 5.73 Å². The van der Waals surface area contributed by atoms with Crippen molar-refractivity contribution in [1.82, 2.24) is 4.90 Å². The third kappa shape index (κ3) is 2.99. The van der Waals surface area contributed by atoms with Crippen LogP contribution in [0.2, 0.25) is 0 Å². The van der Waals surface area contributed by atoms with Crippen molar-refractivity contribution in [2.24, 2.45) is 11.7 Å². The average molecular weight is 240 g/mol. The molecule has 17 heavy (non-hydrogen) atoms. The zero-order valence-electron chi connectivity index (χ0n) is 10.7. The molecule has 2 aliphatic rings. The number of carbonyl (C=O) groups excluding carboxylic acids is 1. The van der Waals surface area contributed by atoms with Crippen molar-refractivity contribution >= 4 is 5.97 Å². The number of carbonyl (C=O) groups is 1. The third-order valence-corrected chi connectivity index (χ3v) is 4.29. The van der Waals surface area contributed by atoms with Crippen molar-refractivity contribution < 1.29 is 9.53 Å². The monoisotopic (exact) mass is 240 g/mol. The molecule has 2 N–H and O–H groups in total. The fourth-order valence-corrected chi connectivity index (χ4v) is 3.43. The Bertz CT molecular complexity index is 268. The molecule has 1 unspecified atom stereocenters. The maximum absolute atomic E-state index is 11.4. The summed E-state index contributed by atoms with van der Waals surface area (Å²) in [5.74, 6) is 0.547. The second-order valence-corrected chi connectivity index (χ2v) is 5.38. The van der Waals surface area contributed by atoms with Crippen LogP contribution >= 0.6 is 0 Å².